The molecule has 1 aliphatic heterocycles. The van der Waals surface area contributed by atoms with E-state index in [0.717, 1.165) is 41.3 Å². The summed E-state index contributed by atoms with van der Waals surface area (Å²) in [7, 11) is 0. The molecule has 122 valence electrons. The van der Waals surface area contributed by atoms with Crippen LogP contribution >= 0.6 is 22.9 Å². The van der Waals surface area contributed by atoms with Gasteiger partial charge in [-0.05, 0) is 43.9 Å². The van der Waals surface area contributed by atoms with Gasteiger partial charge in [-0.2, -0.15) is 0 Å². The zero-order chi connectivity index (χ0) is 16.4. The molecule has 23 heavy (non-hydrogen) atoms. The fraction of sp³-hybridized carbons (Fsp3) is 0.412. The van der Waals surface area contributed by atoms with Crippen LogP contribution in [0.4, 0.5) is 0 Å². The van der Waals surface area contributed by atoms with Gasteiger partial charge in [0.15, 0.2) is 0 Å². The molecule has 1 amide bonds. The summed E-state index contributed by atoms with van der Waals surface area (Å²) in [5.41, 5.74) is 7.32. The largest absolute Gasteiger partial charge is 0.333 e. The lowest BCUT2D eigenvalue weighted by Gasteiger charge is -2.34. The van der Waals surface area contributed by atoms with Crippen LogP contribution in [0.15, 0.2) is 24.3 Å². The van der Waals surface area contributed by atoms with Crippen LogP contribution in [-0.2, 0) is 0 Å². The highest BCUT2D eigenvalue weighted by Crippen LogP contribution is 2.33. The second-order valence-electron chi connectivity index (χ2n) is 5.80. The highest BCUT2D eigenvalue weighted by Gasteiger charge is 2.30. The number of nitrogens with zero attached hydrogens (tertiary/aromatic N) is 2. The molecule has 0 unspecified atom stereocenters. The molecule has 0 spiro atoms. The van der Waals surface area contributed by atoms with E-state index in [4.69, 9.17) is 17.3 Å². The Kier molecular flexibility index (Phi) is 4.99. The van der Waals surface area contributed by atoms with Gasteiger partial charge in [0.1, 0.15) is 5.69 Å². The molecule has 2 N–H and O–H groups in total. The van der Waals surface area contributed by atoms with Crippen molar-refractivity contribution < 1.29 is 4.79 Å². The van der Waals surface area contributed by atoms with Crippen LogP contribution in [0.5, 0.6) is 0 Å². The third-order valence-corrected chi connectivity index (χ3v) is 5.44. The first-order valence-corrected chi connectivity index (χ1v) is 9.04. The van der Waals surface area contributed by atoms with E-state index in [9.17, 15) is 4.79 Å². The van der Waals surface area contributed by atoms with Crippen LogP contribution in [0.1, 0.15) is 34.8 Å². The maximum atomic E-state index is 13.0. The lowest BCUT2D eigenvalue weighted by molar-refractivity contribution is 0.0618. The van der Waals surface area contributed by atoms with Crippen molar-refractivity contribution in [1.82, 2.24) is 9.88 Å². The lowest BCUT2D eigenvalue weighted by atomic mass is 10.0. The van der Waals surface area contributed by atoms with E-state index < -0.39 is 0 Å². The van der Waals surface area contributed by atoms with Crippen molar-refractivity contribution in [2.45, 2.75) is 32.2 Å². The van der Waals surface area contributed by atoms with Gasteiger partial charge in [0, 0.05) is 24.2 Å². The number of carbonyl (C=O) groups is 1. The number of hydrogen-bond acceptors (Lipinski definition) is 4. The normalized spacial score (nSPS) is 18.2. The summed E-state index contributed by atoms with van der Waals surface area (Å²) in [6.45, 7) is 3.18. The number of thiazole rings is 1. The maximum absolute atomic E-state index is 13.0. The van der Waals surface area contributed by atoms with Crippen LogP contribution in [-0.4, -0.2) is 34.9 Å². The van der Waals surface area contributed by atoms with E-state index in [1.807, 2.05) is 36.1 Å². The standard InChI is InChI=1S/C17H20ClN3OS/c1-11-20-15(16(23-11)12-5-4-6-13(18)9-12)17(22)21-8-3-2-7-14(21)10-19/h4-6,9,14H,2-3,7-8,10,19H2,1H3/t14-/m0/s1. The third kappa shape index (κ3) is 3.42. The molecule has 1 aliphatic rings. The molecule has 6 heteroatoms. The molecule has 1 aromatic heterocycles. The minimum absolute atomic E-state index is 0.0144. The molecule has 0 radical (unpaired) electrons. The van der Waals surface area contributed by atoms with E-state index in [2.05, 4.69) is 4.98 Å². The smallest absolute Gasteiger partial charge is 0.274 e. The van der Waals surface area contributed by atoms with Gasteiger partial charge in [-0.1, -0.05) is 23.7 Å². The number of nitrogens with two attached hydrogens (primary N) is 1. The summed E-state index contributed by atoms with van der Waals surface area (Å²) >= 11 is 7.63. The molecule has 2 aromatic rings. The van der Waals surface area contributed by atoms with Crippen LogP contribution in [0.2, 0.25) is 5.02 Å². The maximum Gasteiger partial charge on any atom is 0.274 e. The van der Waals surface area contributed by atoms with Gasteiger partial charge in [-0.3, -0.25) is 4.79 Å². The Morgan fingerprint density at radius 2 is 2.30 bits per heavy atom. The van der Waals surface area contributed by atoms with E-state index in [0.29, 0.717) is 17.3 Å². The average Bonchev–Trinajstić information content (AvgIpc) is 2.96. The minimum Gasteiger partial charge on any atom is -0.333 e. The Morgan fingerprint density at radius 1 is 1.48 bits per heavy atom. The first-order valence-electron chi connectivity index (χ1n) is 7.84. The molecule has 1 fully saturated rings. The Balaban J connectivity index is 1.98. The van der Waals surface area contributed by atoms with Crippen molar-refractivity contribution in [3.05, 3.63) is 40.0 Å². The number of aromatic nitrogens is 1. The van der Waals surface area contributed by atoms with Crippen molar-refractivity contribution >= 4 is 28.8 Å². The van der Waals surface area contributed by atoms with E-state index in [-0.39, 0.29) is 11.9 Å². The second-order valence-corrected chi connectivity index (χ2v) is 7.44. The summed E-state index contributed by atoms with van der Waals surface area (Å²) in [4.78, 5) is 20.3. The van der Waals surface area contributed by atoms with E-state index >= 15 is 0 Å². The summed E-state index contributed by atoms with van der Waals surface area (Å²) in [5, 5.41) is 1.54. The zero-order valence-electron chi connectivity index (χ0n) is 13.1. The summed E-state index contributed by atoms with van der Waals surface area (Å²) in [5.74, 6) is -0.0144. The molecule has 0 aliphatic carbocycles. The predicted octanol–water partition coefficient (Wildman–Crippen LogP) is 3.73. The summed E-state index contributed by atoms with van der Waals surface area (Å²) in [6, 6.07) is 7.68. The molecule has 2 heterocycles. The molecule has 3 rings (SSSR count). The van der Waals surface area contributed by atoms with Gasteiger partial charge in [0.25, 0.3) is 5.91 Å². The number of carbonyl (C=O) groups excluding carboxylic acids is 1. The fourth-order valence-corrected chi connectivity index (χ4v) is 4.14. The second kappa shape index (κ2) is 6.99. The number of piperidine rings is 1. The first-order chi connectivity index (χ1) is 11.1. The fourth-order valence-electron chi connectivity index (χ4n) is 3.05. The topological polar surface area (TPSA) is 59.2 Å². The Morgan fingerprint density at radius 3 is 3.04 bits per heavy atom. The van der Waals surface area contributed by atoms with Crippen LogP contribution < -0.4 is 5.73 Å². The molecule has 4 nitrogen and oxygen atoms in total. The molecule has 1 aromatic carbocycles. The van der Waals surface area contributed by atoms with E-state index in [1.165, 1.54) is 11.3 Å². The van der Waals surface area contributed by atoms with Gasteiger partial charge in [0.05, 0.1) is 9.88 Å². The van der Waals surface area contributed by atoms with Crippen molar-refractivity contribution in [3.63, 3.8) is 0 Å². The number of halogens is 1. The monoisotopic (exact) mass is 349 g/mol. The molecular weight excluding hydrogens is 330 g/mol. The molecule has 1 saturated heterocycles. The first kappa shape index (κ1) is 16.4. The number of aryl methyl sites for hydroxylation is 1. The molecule has 0 saturated carbocycles. The van der Waals surface area contributed by atoms with Crippen molar-refractivity contribution in [1.29, 1.82) is 0 Å². The van der Waals surface area contributed by atoms with E-state index in [1.54, 1.807) is 0 Å². The van der Waals surface area contributed by atoms with Crippen LogP contribution in [0.25, 0.3) is 10.4 Å². The number of hydrogen-bond donors (Lipinski definition) is 1. The van der Waals surface area contributed by atoms with Gasteiger partial charge in [-0.15, -0.1) is 11.3 Å². The average molecular weight is 350 g/mol. The minimum atomic E-state index is -0.0144. The number of likely N-dealkylation sites (tertiary alicyclic amines) is 1. The van der Waals surface area contributed by atoms with Crippen molar-refractivity contribution in [2.75, 3.05) is 13.1 Å². The number of rotatable bonds is 3. The molecule has 0 bridgehead atoms. The van der Waals surface area contributed by atoms with Gasteiger partial charge < -0.3 is 10.6 Å². The lowest BCUT2D eigenvalue weighted by Crippen LogP contribution is -2.47. The number of amides is 1. The van der Waals surface area contributed by atoms with Crippen molar-refractivity contribution in [3.8, 4) is 10.4 Å². The number of benzene rings is 1. The van der Waals surface area contributed by atoms with Crippen LogP contribution in [0.3, 0.4) is 0 Å². The Bertz CT molecular complexity index is 716. The van der Waals surface area contributed by atoms with Gasteiger partial charge in [0.2, 0.25) is 0 Å². The van der Waals surface area contributed by atoms with Gasteiger partial charge in [-0.25, -0.2) is 4.98 Å². The quantitative estimate of drug-likeness (QED) is 0.918. The molecule has 1 atom stereocenters. The zero-order valence-corrected chi connectivity index (χ0v) is 14.7. The predicted molar refractivity (Wildman–Crippen MR) is 95.0 cm³/mol. The molecular formula is C17H20ClN3OS. The summed E-state index contributed by atoms with van der Waals surface area (Å²) in [6.07, 6.45) is 3.12. The highest BCUT2D eigenvalue weighted by atomic mass is 35.5. The van der Waals surface area contributed by atoms with Crippen LogP contribution in [0, 0.1) is 6.92 Å². The third-order valence-electron chi connectivity index (χ3n) is 4.18. The summed E-state index contributed by atoms with van der Waals surface area (Å²) < 4.78 is 0. The Hall–Kier alpha value is -1.43. The van der Waals surface area contributed by atoms with Crippen molar-refractivity contribution in [2.24, 2.45) is 5.73 Å². The SMILES string of the molecule is Cc1nc(C(=O)N2CCCC[C@H]2CN)c(-c2cccc(Cl)c2)s1. The Labute approximate surface area is 145 Å². The highest BCUT2D eigenvalue weighted by molar-refractivity contribution is 7.15. The van der Waals surface area contributed by atoms with Gasteiger partial charge >= 0.3 is 0 Å².